The van der Waals surface area contributed by atoms with Crippen LogP contribution in [0.15, 0.2) is 36.7 Å². The lowest BCUT2D eigenvalue weighted by Gasteiger charge is -2.11. The minimum Gasteiger partial charge on any atom is -0.350 e. The van der Waals surface area contributed by atoms with Crippen molar-refractivity contribution < 1.29 is 9.59 Å². The van der Waals surface area contributed by atoms with Crippen molar-refractivity contribution in [1.29, 1.82) is 0 Å². The number of amides is 2. The zero-order chi connectivity index (χ0) is 17.5. The highest BCUT2D eigenvalue weighted by atomic mass is 16.2. The number of benzene rings is 1. The maximum atomic E-state index is 12.0. The highest BCUT2D eigenvalue weighted by molar-refractivity contribution is 5.94. The van der Waals surface area contributed by atoms with Crippen LogP contribution in [0, 0.1) is 6.92 Å². The lowest BCUT2D eigenvalue weighted by molar-refractivity contribution is 0.0932. The molecular weight excluding hydrogens is 304 g/mol. The van der Waals surface area contributed by atoms with Gasteiger partial charge in [-0.05, 0) is 38.0 Å². The molecule has 6 heteroatoms. The van der Waals surface area contributed by atoms with Crippen molar-refractivity contribution in [3.63, 3.8) is 0 Å². The van der Waals surface area contributed by atoms with Crippen molar-refractivity contribution in [2.45, 2.75) is 39.8 Å². The van der Waals surface area contributed by atoms with Gasteiger partial charge in [-0.15, -0.1) is 0 Å². The lowest BCUT2D eigenvalue weighted by atomic mass is 10.1. The van der Waals surface area contributed by atoms with Gasteiger partial charge in [-0.3, -0.25) is 14.6 Å². The van der Waals surface area contributed by atoms with Gasteiger partial charge in [0.25, 0.3) is 11.8 Å². The van der Waals surface area contributed by atoms with Crippen LogP contribution in [0.5, 0.6) is 0 Å². The molecule has 1 aromatic heterocycles. The summed E-state index contributed by atoms with van der Waals surface area (Å²) >= 11 is 0. The normalized spacial score (nSPS) is 11.6. The summed E-state index contributed by atoms with van der Waals surface area (Å²) in [5, 5.41) is 5.70. The van der Waals surface area contributed by atoms with E-state index in [1.807, 2.05) is 32.9 Å². The van der Waals surface area contributed by atoms with E-state index in [4.69, 9.17) is 0 Å². The number of nitrogens with one attached hydrogen (secondary N) is 2. The second-order valence-corrected chi connectivity index (χ2v) is 5.71. The van der Waals surface area contributed by atoms with E-state index < -0.39 is 0 Å². The minimum atomic E-state index is -0.277. The molecule has 24 heavy (non-hydrogen) atoms. The number of carbonyl (C=O) groups excluding carboxylic acids is 2. The summed E-state index contributed by atoms with van der Waals surface area (Å²) in [5.41, 5.74) is 2.56. The molecule has 0 fully saturated rings. The first-order chi connectivity index (χ1) is 11.5. The second-order valence-electron chi connectivity index (χ2n) is 5.71. The van der Waals surface area contributed by atoms with Crippen LogP contribution >= 0.6 is 0 Å². The molecule has 0 aliphatic heterocycles. The number of aromatic nitrogens is 2. The quantitative estimate of drug-likeness (QED) is 0.853. The van der Waals surface area contributed by atoms with E-state index in [0.717, 1.165) is 17.7 Å². The number of aryl methyl sites for hydroxylation is 1. The highest BCUT2D eigenvalue weighted by Gasteiger charge is 2.09. The maximum Gasteiger partial charge on any atom is 0.271 e. The summed E-state index contributed by atoms with van der Waals surface area (Å²) in [5.74, 6) is -0.365. The summed E-state index contributed by atoms with van der Waals surface area (Å²) in [6.07, 6.45) is 3.89. The molecule has 0 aliphatic rings. The highest BCUT2D eigenvalue weighted by Crippen LogP contribution is 2.06. The molecule has 6 nitrogen and oxygen atoms in total. The molecule has 0 spiro atoms. The summed E-state index contributed by atoms with van der Waals surface area (Å²) < 4.78 is 0. The fourth-order valence-electron chi connectivity index (χ4n) is 1.97. The van der Waals surface area contributed by atoms with Crippen LogP contribution in [0.3, 0.4) is 0 Å². The lowest BCUT2D eigenvalue weighted by Crippen LogP contribution is -2.31. The molecule has 2 rings (SSSR count). The number of nitrogens with zero attached hydrogens (tertiary/aromatic N) is 2. The first-order valence-corrected chi connectivity index (χ1v) is 7.96. The van der Waals surface area contributed by atoms with Gasteiger partial charge >= 0.3 is 0 Å². The van der Waals surface area contributed by atoms with E-state index in [9.17, 15) is 9.59 Å². The van der Waals surface area contributed by atoms with Crippen LogP contribution in [0.1, 0.15) is 52.4 Å². The van der Waals surface area contributed by atoms with E-state index in [1.165, 1.54) is 6.20 Å². The Bertz CT molecular complexity index is 696. The molecule has 2 N–H and O–H groups in total. The molecule has 2 aromatic rings. The van der Waals surface area contributed by atoms with Gasteiger partial charge in [0.05, 0.1) is 11.9 Å². The van der Waals surface area contributed by atoms with E-state index in [2.05, 4.69) is 20.6 Å². The van der Waals surface area contributed by atoms with Gasteiger partial charge in [0.15, 0.2) is 0 Å². The Kier molecular flexibility index (Phi) is 6.01. The molecule has 1 heterocycles. The molecule has 1 unspecified atom stereocenters. The predicted molar refractivity (Wildman–Crippen MR) is 91.6 cm³/mol. The zero-order valence-corrected chi connectivity index (χ0v) is 14.2. The van der Waals surface area contributed by atoms with Crippen LogP contribution in [0.25, 0.3) is 0 Å². The summed E-state index contributed by atoms with van der Waals surface area (Å²) in [7, 11) is 0. The zero-order valence-electron chi connectivity index (χ0n) is 14.2. The number of carbonyl (C=O) groups is 2. The Morgan fingerprint density at radius 2 is 1.79 bits per heavy atom. The number of hydrogen-bond donors (Lipinski definition) is 2. The molecule has 126 valence electrons. The van der Waals surface area contributed by atoms with Gasteiger partial charge in [-0.2, -0.15) is 0 Å². The minimum absolute atomic E-state index is 0.0881. The molecule has 0 saturated carbocycles. The Morgan fingerprint density at radius 1 is 1.08 bits per heavy atom. The topological polar surface area (TPSA) is 84.0 Å². The van der Waals surface area contributed by atoms with Crippen LogP contribution in [-0.4, -0.2) is 27.8 Å². The van der Waals surface area contributed by atoms with Crippen molar-refractivity contribution in [2.75, 3.05) is 0 Å². The SMILES string of the molecule is CCC(C)NC(=O)c1ccc(CNC(=O)c2cnc(C)cn2)cc1. The molecule has 2 amide bonds. The number of rotatable bonds is 6. The molecule has 0 radical (unpaired) electrons. The monoisotopic (exact) mass is 326 g/mol. The second kappa shape index (κ2) is 8.19. The molecule has 0 bridgehead atoms. The Labute approximate surface area is 141 Å². The number of hydrogen-bond acceptors (Lipinski definition) is 4. The van der Waals surface area contributed by atoms with E-state index in [-0.39, 0.29) is 23.6 Å². The van der Waals surface area contributed by atoms with Crippen LogP contribution in [-0.2, 0) is 6.54 Å². The summed E-state index contributed by atoms with van der Waals surface area (Å²) in [6.45, 7) is 6.17. The Morgan fingerprint density at radius 3 is 2.38 bits per heavy atom. The molecule has 0 saturated heterocycles. The third kappa shape index (κ3) is 4.87. The fraction of sp³-hybridized carbons (Fsp3) is 0.333. The third-order valence-electron chi connectivity index (χ3n) is 3.67. The molecular formula is C18H22N4O2. The van der Waals surface area contributed by atoms with Gasteiger partial charge in [0.2, 0.25) is 0 Å². The van der Waals surface area contributed by atoms with Crippen molar-refractivity contribution in [2.24, 2.45) is 0 Å². The van der Waals surface area contributed by atoms with E-state index in [1.54, 1.807) is 18.3 Å². The average Bonchev–Trinajstić information content (AvgIpc) is 2.60. The van der Waals surface area contributed by atoms with Gasteiger partial charge in [0, 0.05) is 24.3 Å². The van der Waals surface area contributed by atoms with Gasteiger partial charge in [-0.1, -0.05) is 19.1 Å². The first-order valence-electron chi connectivity index (χ1n) is 7.96. The predicted octanol–water partition coefficient (Wildman–Crippen LogP) is 2.24. The fourth-order valence-corrected chi connectivity index (χ4v) is 1.97. The average molecular weight is 326 g/mol. The molecule has 1 atom stereocenters. The van der Waals surface area contributed by atoms with Crippen molar-refractivity contribution in [1.82, 2.24) is 20.6 Å². The molecule has 1 aromatic carbocycles. The maximum absolute atomic E-state index is 12.0. The standard InChI is InChI=1S/C18H22N4O2/c1-4-12(2)22-17(23)15-7-5-14(6-8-15)10-21-18(24)16-11-19-13(3)9-20-16/h5-9,11-12H,4,10H2,1-3H3,(H,21,24)(H,22,23). The van der Waals surface area contributed by atoms with E-state index >= 15 is 0 Å². The molecule has 0 aliphatic carbocycles. The summed E-state index contributed by atoms with van der Waals surface area (Å²) in [6, 6.07) is 7.31. The van der Waals surface area contributed by atoms with Crippen LogP contribution in [0.4, 0.5) is 0 Å². The van der Waals surface area contributed by atoms with Gasteiger partial charge in [-0.25, -0.2) is 4.98 Å². The van der Waals surface area contributed by atoms with E-state index in [0.29, 0.717) is 12.1 Å². The van der Waals surface area contributed by atoms with Crippen molar-refractivity contribution in [3.8, 4) is 0 Å². The van der Waals surface area contributed by atoms with Crippen molar-refractivity contribution >= 4 is 11.8 Å². The van der Waals surface area contributed by atoms with Gasteiger partial charge < -0.3 is 10.6 Å². The van der Waals surface area contributed by atoms with Crippen molar-refractivity contribution in [3.05, 3.63) is 59.2 Å². The first kappa shape index (κ1) is 17.6. The van der Waals surface area contributed by atoms with Crippen LogP contribution in [0.2, 0.25) is 0 Å². The smallest absolute Gasteiger partial charge is 0.271 e. The Balaban J connectivity index is 1.90. The largest absolute Gasteiger partial charge is 0.350 e. The van der Waals surface area contributed by atoms with Crippen LogP contribution < -0.4 is 10.6 Å². The summed E-state index contributed by atoms with van der Waals surface area (Å²) in [4.78, 5) is 32.1. The Hall–Kier alpha value is -2.76. The van der Waals surface area contributed by atoms with Gasteiger partial charge in [0.1, 0.15) is 5.69 Å². The third-order valence-corrected chi connectivity index (χ3v) is 3.67.